The number of sulfonamides is 1. The third-order valence-electron chi connectivity index (χ3n) is 7.02. The van der Waals surface area contributed by atoms with Crippen LogP contribution in [0.3, 0.4) is 0 Å². The van der Waals surface area contributed by atoms with E-state index in [4.69, 9.17) is 9.31 Å². The molecule has 0 amide bonds. The lowest BCUT2D eigenvalue weighted by molar-refractivity contribution is -0.643. The normalized spacial score (nSPS) is 20.5. The van der Waals surface area contributed by atoms with Crippen molar-refractivity contribution in [3.63, 3.8) is 0 Å². The van der Waals surface area contributed by atoms with Crippen LogP contribution in [-0.4, -0.2) is 31.7 Å². The number of hydrogen-bond donors (Lipinski definition) is 1. The van der Waals surface area contributed by atoms with Crippen LogP contribution in [0.4, 0.5) is 10.2 Å². The number of rotatable bonds is 5. The summed E-state index contributed by atoms with van der Waals surface area (Å²) in [7, 11) is -4.63. The predicted molar refractivity (Wildman–Crippen MR) is 132 cm³/mol. The second kappa shape index (κ2) is 8.38. The molecule has 9 heteroatoms. The van der Waals surface area contributed by atoms with Crippen molar-refractivity contribution in [3.8, 4) is 0 Å². The quantitative estimate of drug-likeness (QED) is 0.554. The first kappa shape index (κ1) is 23.9. The SMILES string of the molecule is CC1(C)OB(c2ccnc3c2C=C(Cc2ccccc2F)[NH+]3S(=O)(=O)c2ccccc2)OC1(C)C. The summed E-state index contributed by atoms with van der Waals surface area (Å²) >= 11 is 0. The molecule has 2 aliphatic rings. The molecule has 0 aliphatic carbocycles. The molecule has 1 atom stereocenters. The maximum Gasteiger partial charge on any atom is 0.495 e. The Morgan fingerprint density at radius 3 is 2.23 bits per heavy atom. The van der Waals surface area contributed by atoms with E-state index >= 15 is 0 Å². The van der Waals surface area contributed by atoms with Gasteiger partial charge in [-0.3, -0.25) is 0 Å². The van der Waals surface area contributed by atoms with Gasteiger partial charge in [-0.15, -0.1) is 4.31 Å². The topological polar surface area (TPSA) is 69.9 Å². The Bertz CT molecular complexity index is 1410. The highest BCUT2D eigenvalue weighted by molar-refractivity contribution is 7.85. The molecule has 0 radical (unpaired) electrons. The Morgan fingerprint density at radius 1 is 0.943 bits per heavy atom. The van der Waals surface area contributed by atoms with Gasteiger partial charge in [0.15, 0.2) is 0 Å². The van der Waals surface area contributed by atoms with Crippen molar-refractivity contribution in [2.45, 2.75) is 50.2 Å². The van der Waals surface area contributed by atoms with Crippen molar-refractivity contribution in [3.05, 3.63) is 89.5 Å². The molecule has 3 aromatic rings. The van der Waals surface area contributed by atoms with E-state index in [-0.39, 0.29) is 21.4 Å². The summed E-state index contributed by atoms with van der Waals surface area (Å²) in [5.41, 5.74) is 1.07. The lowest BCUT2D eigenvalue weighted by Gasteiger charge is -2.32. The molecule has 0 spiro atoms. The Hall–Kier alpha value is -2.85. The molecule has 2 aliphatic heterocycles. The number of nitrogens with one attached hydrogen (secondary N) is 1. The van der Waals surface area contributed by atoms with Crippen molar-refractivity contribution >= 4 is 34.5 Å². The van der Waals surface area contributed by atoms with Crippen LogP contribution in [0.15, 0.2) is 77.5 Å². The molecule has 1 saturated heterocycles. The minimum Gasteiger partial charge on any atom is -0.399 e. The number of quaternary nitrogens is 1. The number of halogens is 1. The standard InChI is InChI=1S/C26H26BFN2O4S/c1-25(2)26(3,4)34-27(33-25)22-14-15-29-24-21(22)17-19(16-18-10-8-9-13-23(18)28)30(24)35(31,32)20-11-6-5-7-12-20/h5-15,17H,16H2,1-4H3/p+1. The molecule has 6 nitrogen and oxygen atoms in total. The Labute approximate surface area is 205 Å². The maximum atomic E-state index is 14.6. The smallest absolute Gasteiger partial charge is 0.399 e. The zero-order valence-electron chi connectivity index (χ0n) is 20.1. The van der Waals surface area contributed by atoms with Gasteiger partial charge in [-0.2, -0.15) is 8.42 Å². The van der Waals surface area contributed by atoms with E-state index in [0.717, 1.165) is 0 Å². The van der Waals surface area contributed by atoms with Gasteiger partial charge in [-0.25, -0.2) is 9.37 Å². The number of allylic oxidation sites excluding steroid dienone is 1. The Kier molecular flexibility index (Phi) is 5.71. The van der Waals surface area contributed by atoms with E-state index in [1.165, 1.54) is 6.07 Å². The number of hydrogen-bond acceptors (Lipinski definition) is 5. The van der Waals surface area contributed by atoms with Crippen molar-refractivity contribution in [2.75, 3.05) is 0 Å². The molecule has 35 heavy (non-hydrogen) atoms. The summed E-state index contributed by atoms with van der Waals surface area (Å²) in [6.07, 6.45) is 3.46. The number of aromatic nitrogens is 1. The van der Waals surface area contributed by atoms with Crippen LogP contribution in [-0.2, 0) is 25.8 Å². The highest BCUT2D eigenvalue weighted by Gasteiger charge is 2.53. The molecule has 1 N–H and O–H groups in total. The molecule has 1 fully saturated rings. The van der Waals surface area contributed by atoms with Gasteiger partial charge in [0.05, 0.1) is 23.2 Å². The second-order valence-electron chi connectivity index (χ2n) is 9.83. The lowest BCUT2D eigenvalue weighted by Crippen LogP contribution is -3.07. The average Bonchev–Trinajstić information content (AvgIpc) is 3.29. The van der Waals surface area contributed by atoms with Gasteiger partial charge in [0.1, 0.15) is 16.4 Å². The van der Waals surface area contributed by atoms with E-state index in [1.807, 2.05) is 27.7 Å². The summed E-state index contributed by atoms with van der Waals surface area (Å²) in [6.45, 7) is 7.85. The fourth-order valence-corrected chi connectivity index (χ4v) is 6.03. The zero-order valence-corrected chi connectivity index (χ0v) is 20.9. The Balaban J connectivity index is 1.65. The van der Waals surface area contributed by atoms with Gasteiger partial charge in [0.25, 0.3) is 5.82 Å². The van der Waals surface area contributed by atoms with Gasteiger partial charge in [-0.05, 0) is 63.0 Å². The first-order valence-corrected chi connectivity index (χ1v) is 13.0. The third kappa shape index (κ3) is 4.02. The highest BCUT2D eigenvalue weighted by atomic mass is 32.2. The fraction of sp³-hybridized carbons (Fsp3) is 0.269. The third-order valence-corrected chi connectivity index (χ3v) is 8.90. The van der Waals surface area contributed by atoms with Crippen LogP contribution >= 0.6 is 0 Å². The minimum atomic E-state index is -3.94. The number of pyridine rings is 1. The van der Waals surface area contributed by atoms with Gasteiger partial charge in [0, 0.05) is 12.3 Å². The summed E-state index contributed by atoms with van der Waals surface area (Å²) in [6, 6.07) is 16.4. The van der Waals surface area contributed by atoms with Crippen LogP contribution in [0.2, 0.25) is 0 Å². The van der Waals surface area contributed by atoms with Crippen LogP contribution in [0.25, 0.3) is 6.08 Å². The van der Waals surface area contributed by atoms with E-state index in [0.29, 0.717) is 28.1 Å². The van der Waals surface area contributed by atoms with Crippen LogP contribution in [0.1, 0.15) is 38.8 Å². The molecule has 180 valence electrons. The van der Waals surface area contributed by atoms with Gasteiger partial charge >= 0.3 is 17.1 Å². The Morgan fingerprint density at radius 2 is 1.57 bits per heavy atom. The monoisotopic (exact) mass is 493 g/mol. The van der Waals surface area contributed by atoms with Crippen LogP contribution in [0.5, 0.6) is 0 Å². The molecule has 1 aromatic heterocycles. The predicted octanol–water partition coefficient (Wildman–Crippen LogP) is 3.02. The van der Waals surface area contributed by atoms with Gasteiger partial charge in [0.2, 0.25) is 0 Å². The van der Waals surface area contributed by atoms with Crippen molar-refractivity contribution in [2.24, 2.45) is 0 Å². The zero-order chi connectivity index (χ0) is 25.0. The van der Waals surface area contributed by atoms with Crippen LogP contribution in [0, 0.1) is 5.82 Å². The fourth-order valence-electron chi connectivity index (χ4n) is 4.38. The number of nitrogens with zero attached hydrogens (tertiary/aromatic N) is 1. The first-order valence-electron chi connectivity index (χ1n) is 11.5. The second-order valence-corrected chi connectivity index (χ2v) is 11.7. The molecular weight excluding hydrogens is 466 g/mol. The van der Waals surface area contributed by atoms with Gasteiger partial charge in [-0.1, -0.05) is 36.4 Å². The summed E-state index contributed by atoms with van der Waals surface area (Å²) < 4.78 is 54.9. The largest absolute Gasteiger partial charge is 0.495 e. The van der Waals surface area contributed by atoms with E-state index in [1.54, 1.807) is 66.9 Å². The van der Waals surface area contributed by atoms with Crippen molar-refractivity contribution < 1.29 is 26.4 Å². The summed E-state index contributed by atoms with van der Waals surface area (Å²) in [4.78, 5) is 4.64. The molecule has 2 aromatic carbocycles. The highest BCUT2D eigenvalue weighted by Crippen LogP contribution is 2.37. The van der Waals surface area contributed by atoms with E-state index in [2.05, 4.69) is 4.98 Å². The lowest BCUT2D eigenvalue weighted by atomic mass is 9.76. The molecule has 0 bridgehead atoms. The van der Waals surface area contributed by atoms with E-state index < -0.39 is 28.3 Å². The van der Waals surface area contributed by atoms with Gasteiger partial charge < -0.3 is 9.31 Å². The molecule has 5 rings (SSSR count). The van der Waals surface area contributed by atoms with Crippen LogP contribution < -0.4 is 9.77 Å². The van der Waals surface area contributed by atoms with Crippen molar-refractivity contribution in [1.29, 1.82) is 0 Å². The summed E-state index contributed by atoms with van der Waals surface area (Å²) in [5, 5.41) is 0. The number of fused-ring (bicyclic) bond motifs is 1. The molecule has 0 saturated carbocycles. The van der Waals surface area contributed by atoms with Crippen molar-refractivity contribution in [1.82, 2.24) is 4.98 Å². The first-order chi connectivity index (χ1) is 16.5. The number of benzene rings is 2. The minimum absolute atomic E-state index is 0.0836. The van der Waals surface area contributed by atoms with E-state index in [9.17, 15) is 12.8 Å². The average molecular weight is 493 g/mol. The maximum absolute atomic E-state index is 14.6. The molecular formula is C26H27BFN2O4S+. The summed E-state index contributed by atoms with van der Waals surface area (Å²) in [5.74, 6) is -0.0626. The molecule has 1 unspecified atom stereocenters. The molecule has 3 heterocycles.